The van der Waals surface area contributed by atoms with Gasteiger partial charge in [0.2, 0.25) is 5.41 Å². The Labute approximate surface area is 279 Å². The highest BCUT2D eigenvalue weighted by Gasteiger charge is 2.72. The fraction of sp³-hybridized carbons (Fsp3) is 0.212. The van der Waals surface area contributed by atoms with Crippen LogP contribution in [-0.2, 0) is 17.8 Å². The molecule has 0 radical (unpaired) electrons. The van der Waals surface area contributed by atoms with Crippen LogP contribution in [0.2, 0.25) is 0 Å². The molecule has 0 atom stereocenters. The molecule has 4 rings (SSSR count). The van der Waals surface area contributed by atoms with Gasteiger partial charge in [0.25, 0.3) is 5.91 Å². The first-order chi connectivity index (χ1) is 23.3. The number of halogens is 12. The number of rotatable bonds is 7. The topological polar surface area (TPSA) is 98.7 Å². The van der Waals surface area contributed by atoms with Gasteiger partial charge in [0.1, 0.15) is 11.5 Å². The van der Waals surface area contributed by atoms with Crippen molar-refractivity contribution in [1.82, 2.24) is 0 Å². The monoisotopic (exact) mass is 738 g/mol. The number of anilines is 2. The molecule has 0 saturated heterocycles. The summed E-state index contributed by atoms with van der Waals surface area (Å²) in [4.78, 5) is 24.7. The SMILES string of the molecule is CNc1cc(C(c2ccc(O)c(NC(=O)c3ccc(-c4ccc(C(C)=O)cc4C(F)(F)F)c(C(F)(F)F)c3)c2)(C(F)(F)F)C(F)(F)F)ccc1O. The van der Waals surface area contributed by atoms with Gasteiger partial charge in [-0.25, -0.2) is 0 Å². The number of alkyl halides is 12. The number of ketones is 1. The first-order valence-corrected chi connectivity index (χ1v) is 14.1. The Hall–Kier alpha value is -5.42. The molecule has 4 aromatic rings. The number of carbonyl (C=O) groups excluding carboxylic acids is 2. The minimum Gasteiger partial charge on any atom is -0.506 e. The normalized spacial score (nSPS) is 12.8. The van der Waals surface area contributed by atoms with Crippen LogP contribution in [0.4, 0.5) is 64.1 Å². The minimum atomic E-state index is -6.17. The summed E-state index contributed by atoms with van der Waals surface area (Å²) in [5.74, 6) is -4.25. The van der Waals surface area contributed by atoms with E-state index in [4.69, 9.17) is 0 Å². The van der Waals surface area contributed by atoms with Gasteiger partial charge in [-0.05, 0) is 71.6 Å². The van der Waals surface area contributed by atoms with Crippen molar-refractivity contribution in [2.24, 2.45) is 0 Å². The predicted octanol–water partition coefficient (Wildman–Crippen LogP) is 9.71. The summed E-state index contributed by atoms with van der Waals surface area (Å²) in [5, 5.41) is 24.2. The Bertz CT molecular complexity index is 1980. The van der Waals surface area contributed by atoms with Crippen LogP contribution < -0.4 is 10.6 Å². The van der Waals surface area contributed by atoms with E-state index in [1.165, 1.54) is 0 Å². The van der Waals surface area contributed by atoms with Crippen molar-refractivity contribution in [1.29, 1.82) is 0 Å². The highest BCUT2D eigenvalue weighted by atomic mass is 19.4. The summed E-state index contributed by atoms with van der Waals surface area (Å²) in [5.41, 5.74) is -16.5. The molecular formula is C33H22F12N2O4. The van der Waals surface area contributed by atoms with Crippen molar-refractivity contribution in [2.75, 3.05) is 17.7 Å². The van der Waals surface area contributed by atoms with Crippen LogP contribution in [0, 0.1) is 0 Å². The lowest BCUT2D eigenvalue weighted by atomic mass is 9.72. The molecule has 18 heteroatoms. The fourth-order valence-corrected chi connectivity index (χ4v) is 5.40. The number of carbonyl (C=O) groups is 2. The number of hydrogen-bond donors (Lipinski definition) is 4. The molecule has 1 amide bonds. The maximum Gasteiger partial charge on any atom is 0.417 e. The summed E-state index contributed by atoms with van der Waals surface area (Å²) in [7, 11) is 1.10. The fourth-order valence-electron chi connectivity index (χ4n) is 5.40. The van der Waals surface area contributed by atoms with E-state index in [0.29, 0.717) is 48.5 Å². The van der Waals surface area contributed by atoms with Crippen LogP contribution >= 0.6 is 0 Å². The van der Waals surface area contributed by atoms with E-state index in [-0.39, 0.29) is 18.2 Å². The van der Waals surface area contributed by atoms with Gasteiger partial charge in [0.15, 0.2) is 5.78 Å². The zero-order valence-corrected chi connectivity index (χ0v) is 25.7. The standard InChI is InChI=1S/C33H22F12N2O4/c1-15(48)16-3-7-20(22(11-16)30(34,35)36)21-8-4-17(12-23(21)31(37,38)39)28(51)47-25-14-19(6-10-27(25)50)29(32(40,41)42,33(43,44)45)18-5-9-26(49)24(13-18)46-2/h3-14,46,49-50H,1-2H3,(H,47,51). The van der Waals surface area contributed by atoms with Crippen LogP contribution in [-0.4, -0.2) is 41.3 Å². The number of nitrogens with one attached hydrogen (secondary N) is 2. The summed E-state index contributed by atoms with van der Waals surface area (Å²) in [6, 6.07) is 4.99. The van der Waals surface area contributed by atoms with Crippen molar-refractivity contribution in [3.05, 3.63) is 106 Å². The van der Waals surface area contributed by atoms with Gasteiger partial charge in [-0.2, -0.15) is 52.7 Å². The Morgan fingerprint density at radius 1 is 0.569 bits per heavy atom. The van der Waals surface area contributed by atoms with Crippen LogP contribution in [0.15, 0.2) is 72.8 Å². The van der Waals surface area contributed by atoms with Crippen LogP contribution in [0.3, 0.4) is 0 Å². The van der Waals surface area contributed by atoms with Gasteiger partial charge in [-0.1, -0.05) is 30.3 Å². The van der Waals surface area contributed by atoms with Crippen LogP contribution in [0.25, 0.3) is 11.1 Å². The van der Waals surface area contributed by atoms with Gasteiger partial charge in [-0.3, -0.25) is 9.59 Å². The van der Waals surface area contributed by atoms with E-state index in [9.17, 15) is 72.5 Å². The zero-order valence-electron chi connectivity index (χ0n) is 25.7. The highest BCUT2D eigenvalue weighted by molar-refractivity contribution is 6.05. The third-order valence-corrected chi connectivity index (χ3v) is 7.84. The quantitative estimate of drug-likeness (QED) is 0.0860. The molecule has 0 bridgehead atoms. The Morgan fingerprint density at radius 3 is 1.39 bits per heavy atom. The van der Waals surface area contributed by atoms with Gasteiger partial charge < -0.3 is 20.8 Å². The first-order valence-electron chi connectivity index (χ1n) is 14.1. The highest BCUT2D eigenvalue weighted by Crippen LogP contribution is 2.57. The Kier molecular flexibility index (Phi) is 9.81. The molecule has 4 aromatic carbocycles. The summed E-state index contributed by atoms with van der Waals surface area (Å²) >= 11 is 0. The molecular weight excluding hydrogens is 716 g/mol. The van der Waals surface area contributed by atoms with Crippen molar-refractivity contribution < 1.29 is 72.5 Å². The molecule has 0 aliphatic heterocycles. The van der Waals surface area contributed by atoms with E-state index < -0.39 is 109 Å². The lowest BCUT2D eigenvalue weighted by Crippen LogP contribution is -2.54. The molecule has 6 nitrogen and oxygen atoms in total. The van der Waals surface area contributed by atoms with Crippen molar-refractivity contribution in [3.8, 4) is 22.6 Å². The molecule has 4 N–H and O–H groups in total. The van der Waals surface area contributed by atoms with Crippen molar-refractivity contribution in [2.45, 2.75) is 37.0 Å². The molecule has 0 aromatic heterocycles. The Balaban J connectivity index is 1.87. The molecule has 272 valence electrons. The summed E-state index contributed by atoms with van der Waals surface area (Å²) < 4.78 is 172. The summed E-state index contributed by atoms with van der Waals surface area (Å²) in [6.07, 6.45) is -23.0. The average molecular weight is 739 g/mol. The second-order valence-corrected chi connectivity index (χ2v) is 11.0. The average Bonchev–Trinajstić information content (AvgIpc) is 3.00. The molecule has 0 unspecified atom stereocenters. The number of amides is 1. The number of benzene rings is 4. The number of phenols is 2. The van der Waals surface area contributed by atoms with E-state index >= 15 is 0 Å². The van der Waals surface area contributed by atoms with Gasteiger partial charge in [-0.15, -0.1) is 0 Å². The first kappa shape index (κ1) is 38.4. The molecule has 0 fully saturated rings. The molecule has 0 heterocycles. The predicted molar refractivity (Wildman–Crippen MR) is 158 cm³/mol. The Morgan fingerprint density at radius 2 is 0.980 bits per heavy atom. The third-order valence-electron chi connectivity index (χ3n) is 7.84. The van der Waals surface area contributed by atoms with Gasteiger partial charge in [0.05, 0.1) is 22.5 Å². The minimum absolute atomic E-state index is 0.0933. The van der Waals surface area contributed by atoms with Crippen molar-refractivity contribution >= 4 is 23.1 Å². The molecule has 0 aliphatic rings. The maximum atomic E-state index is 14.7. The molecule has 0 saturated carbocycles. The lowest BCUT2D eigenvalue weighted by molar-refractivity contribution is -0.288. The third kappa shape index (κ3) is 7.12. The number of Topliss-reactive ketones (excluding diaryl/α,β-unsaturated/α-hetero) is 1. The van der Waals surface area contributed by atoms with E-state index in [2.05, 4.69) is 5.32 Å². The molecule has 0 spiro atoms. The summed E-state index contributed by atoms with van der Waals surface area (Å²) in [6.45, 7) is 0.927. The number of hydrogen-bond acceptors (Lipinski definition) is 5. The number of aromatic hydroxyl groups is 2. The zero-order chi connectivity index (χ0) is 38.5. The lowest BCUT2D eigenvalue weighted by Gasteiger charge is -2.38. The van der Waals surface area contributed by atoms with E-state index in [1.807, 2.05) is 0 Å². The second kappa shape index (κ2) is 13.0. The molecule has 51 heavy (non-hydrogen) atoms. The van der Waals surface area contributed by atoms with Crippen molar-refractivity contribution in [3.63, 3.8) is 0 Å². The van der Waals surface area contributed by atoms with Crippen LogP contribution in [0.1, 0.15) is 49.9 Å². The maximum absolute atomic E-state index is 14.7. The smallest absolute Gasteiger partial charge is 0.417 e. The van der Waals surface area contributed by atoms with Gasteiger partial charge >= 0.3 is 24.7 Å². The number of phenolic OH excluding ortho intramolecular Hbond substituents is 2. The van der Waals surface area contributed by atoms with E-state index in [0.717, 1.165) is 20.0 Å². The van der Waals surface area contributed by atoms with Gasteiger partial charge in [0, 0.05) is 18.2 Å². The largest absolute Gasteiger partial charge is 0.506 e. The van der Waals surface area contributed by atoms with Crippen LogP contribution in [0.5, 0.6) is 11.5 Å². The second-order valence-electron chi connectivity index (χ2n) is 11.0. The molecule has 0 aliphatic carbocycles. The van der Waals surface area contributed by atoms with E-state index in [1.54, 1.807) is 5.32 Å².